The number of morpholine rings is 1. The second-order valence-electron chi connectivity index (χ2n) is 7.12. The number of amides is 1. The molecule has 1 aromatic heterocycles. The highest BCUT2D eigenvalue weighted by Crippen LogP contribution is 2.11. The van der Waals surface area contributed by atoms with Gasteiger partial charge in [0.1, 0.15) is 6.33 Å². The van der Waals surface area contributed by atoms with Gasteiger partial charge in [0.05, 0.1) is 24.8 Å². The summed E-state index contributed by atoms with van der Waals surface area (Å²) in [5, 5.41) is 14.1. The largest absolute Gasteiger partial charge is 0.374 e. The molecule has 0 radical (unpaired) electrons. The van der Waals surface area contributed by atoms with Crippen LogP contribution in [0.2, 0.25) is 0 Å². The van der Waals surface area contributed by atoms with E-state index in [1.165, 1.54) is 11.9 Å². The first kappa shape index (κ1) is 19.2. The Morgan fingerprint density at radius 2 is 1.93 bits per heavy atom. The molecule has 0 aliphatic carbocycles. The molecular weight excluding hydrogens is 368 g/mol. The quantitative estimate of drug-likeness (QED) is 0.651. The third-order valence-electron chi connectivity index (χ3n) is 4.91. The highest BCUT2D eigenvalue weighted by atomic mass is 16.5. The SMILES string of the molecule is O=C(Cc1ccc(-n2cnnn2)cc1)NCC1CN(Cc2ccccc2)CCO1. The molecule has 1 amide bonds. The molecule has 0 bridgehead atoms. The van der Waals surface area contributed by atoms with E-state index in [-0.39, 0.29) is 12.0 Å². The molecule has 8 nitrogen and oxygen atoms in total. The van der Waals surface area contributed by atoms with Crippen molar-refractivity contribution in [3.05, 3.63) is 72.1 Å². The fourth-order valence-electron chi connectivity index (χ4n) is 3.41. The molecule has 3 aromatic rings. The predicted molar refractivity (Wildman–Crippen MR) is 107 cm³/mol. The number of tetrazole rings is 1. The number of benzene rings is 2. The summed E-state index contributed by atoms with van der Waals surface area (Å²) in [4.78, 5) is 14.7. The molecule has 0 spiro atoms. The molecule has 150 valence electrons. The third-order valence-corrected chi connectivity index (χ3v) is 4.91. The minimum Gasteiger partial charge on any atom is -0.374 e. The third kappa shape index (κ3) is 5.46. The average Bonchev–Trinajstić information content (AvgIpc) is 3.29. The van der Waals surface area contributed by atoms with Gasteiger partial charge in [0.25, 0.3) is 0 Å². The van der Waals surface area contributed by atoms with E-state index in [2.05, 4.69) is 50.0 Å². The zero-order valence-electron chi connectivity index (χ0n) is 16.1. The van der Waals surface area contributed by atoms with Crippen molar-refractivity contribution in [1.82, 2.24) is 30.4 Å². The van der Waals surface area contributed by atoms with Crippen LogP contribution in [0.1, 0.15) is 11.1 Å². The number of carbonyl (C=O) groups excluding carboxylic acids is 1. The number of ether oxygens (including phenoxy) is 1. The molecule has 1 atom stereocenters. The number of rotatable bonds is 7. The van der Waals surface area contributed by atoms with Gasteiger partial charge in [0, 0.05) is 26.2 Å². The van der Waals surface area contributed by atoms with E-state index in [9.17, 15) is 4.79 Å². The first-order chi connectivity index (χ1) is 14.3. The molecule has 2 aromatic carbocycles. The maximum absolute atomic E-state index is 12.3. The molecule has 1 aliphatic rings. The van der Waals surface area contributed by atoms with Crippen LogP contribution in [0.5, 0.6) is 0 Å². The molecule has 2 heterocycles. The van der Waals surface area contributed by atoms with E-state index in [1.54, 1.807) is 4.68 Å². The van der Waals surface area contributed by atoms with E-state index in [1.807, 2.05) is 30.3 Å². The van der Waals surface area contributed by atoms with Crippen LogP contribution in [0.4, 0.5) is 0 Å². The van der Waals surface area contributed by atoms with Crippen molar-refractivity contribution >= 4 is 5.91 Å². The Morgan fingerprint density at radius 1 is 1.10 bits per heavy atom. The van der Waals surface area contributed by atoms with E-state index < -0.39 is 0 Å². The Morgan fingerprint density at radius 3 is 2.69 bits per heavy atom. The van der Waals surface area contributed by atoms with Crippen LogP contribution in [0, 0.1) is 0 Å². The summed E-state index contributed by atoms with van der Waals surface area (Å²) in [6, 6.07) is 18.0. The molecule has 1 N–H and O–H groups in total. The Hall–Kier alpha value is -3.10. The van der Waals surface area contributed by atoms with E-state index >= 15 is 0 Å². The molecule has 1 saturated heterocycles. The summed E-state index contributed by atoms with van der Waals surface area (Å²) in [6.07, 6.45) is 1.88. The topological polar surface area (TPSA) is 85.2 Å². The van der Waals surface area contributed by atoms with Gasteiger partial charge in [-0.05, 0) is 33.7 Å². The van der Waals surface area contributed by atoms with Crippen LogP contribution in [-0.4, -0.2) is 63.4 Å². The highest BCUT2D eigenvalue weighted by molar-refractivity contribution is 5.78. The lowest BCUT2D eigenvalue weighted by Crippen LogP contribution is -2.47. The lowest BCUT2D eigenvalue weighted by atomic mass is 10.1. The fraction of sp³-hybridized carbons (Fsp3) is 0.333. The summed E-state index contributed by atoms with van der Waals surface area (Å²) in [6.45, 7) is 3.84. The smallest absolute Gasteiger partial charge is 0.224 e. The fourth-order valence-corrected chi connectivity index (χ4v) is 3.41. The summed E-state index contributed by atoms with van der Waals surface area (Å²) in [7, 11) is 0. The van der Waals surface area contributed by atoms with Crippen molar-refractivity contribution in [2.75, 3.05) is 26.2 Å². The van der Waals surface area contributed by atoms with Crippen molar-refractivity contribution < 1.29 is 9.53 Å². The number of hydrogen-bond acceptors (Lipinski definition) is 6. The summed E-state index contributed by atoms with van der Waals surface area (Å²) < 4.78 is 7.40. The second-order valence-corrected chi connectivity index (χ2v) is 7.12. The van der Waals surface area contributed by atoms with Crippen molar-refractivity contribution in [2.45, 2.75) is 19.1 Å². The minimum absolute atomic E-state index is 0.0102. The van der Waals surface area contributed by atoms with Crippen LogP contribution in [0.25, 0.3) is 5.69 Å². The van der Waals surface area contributed by atoms with Gasteiger partial charge in [0.15, 0.2) is 0 Å². The molecule has 1 aliphatic heterocycles. The van der Waals surface area contributed by atoms with Crippen LogP contribution in [0.15, 0.2) is 60.9 Å². The predicted octanol–water partition coefficient (Wildman–Crippen LogP) is 1.22. The lowest BCUT2D eigenvalue weighted by molar-refractivity contribution is -0.121. The van der Waals surface area contributed by atoms with Crippen LogP contribution in [0.3, 0.4) is 0 Å². The first-order valence-electron chi connectivity index (χ1n) is 9.73. The highest BCUT2D eigenvalue weighted by Gasteiger charge is 2.21. The van der Waals surface area contributed by atoms with Crippen LogP contribution in [-0.2, 0) is 22.5 Å². The average molecular weight is 392 g/mol. The first-order valence-corrected chi connectivity index (χ1v) is 9.73. The Balaban J connectivity index is 1.23. The van der Waals surface area contributed by atoms with Crippen LogP contribution < -0.4 is 5.32 Å². The van der Waals surface area contributed by atoms with Gasteiger partial charge in [-0.1, -0.05) is 42.5 Å². The summed E-state index contributed by atoms with van der Waals surface area (Å²) in [5.41, 5.74) is 3.09. The van der Waals surface area contributed by atoms with Crippen molar-refractivity contribution in [3.63, 3.8) is 0 Å². The van der Waals surface area contributed by atoms with Gasteiger partial charge in [-0.15, -0.1) is 5.10 Å². The number of hydrogen-bond donors (Lipinski definition) is 1. The Labute approximate surface area is 169 Å². The second kappa shape index (κ2) is 9.40. The van der Waals surface area contributed by atoms with E-state index in [0.717, 1.165) is 30.9 Å². The standard InChI is InChI=1S/C21H24N6O2/c28-21(12-17-6-8-19(9-7-17)27-16-23-24-25-27)22-13-20-15-26(10-11-29-20)14-18-4-2-1-3-5-18/h1-9,16,20H,10-15H2,(H,22,28). The van der Waals surface area contributed by atoms with Crippen molar-refractivity contribution in [2.24, 2.45) is 0 Å². The summed E-state index contributed by atoms with van der Waals surface area (Å²) in [5.74, 6) is -0.0102. The molecule has 4 rings (SSSR count). The lowest BCUT2D eigenvalue weighted by Gasteiger charge is -2.33. The molecule has 29 heavy (non-hydrogen) atoms. The number of aromatic nitrogens is 4. The maximum Gasteiger partial charge on any atom is 0.224 e. The zero-order valence-corrected chi connectivity index (χ0v) is 16.1. The van der Waals surface area contributed by atoms with Gasteiger partial charge in [-0.2, -0.15) is 0 Å². The van der Waals surface area contributed by atoms with Crippen molar-refractivity contribution in [3.8, 4) is 5.69 Å². The zero-order chi connectivity index (χ0) is 19.9. The van der Waals surface area contributed by atoms with Crippen molar-refractivity contribution in [1.29, 1.82) is 0 Å². The molecule has 1 fully saturated rings. The maximum atomic E-state index is 12.3. The molecule has 8 heteroatoms. The van der Waals surface area contributed by atoms with Gasteiger partial charge in [-0.3, -0.25) is 9.69 Å². The molecular formula is C21H24N6O2. The van der Waals surface area contributed by atoms with Gasteiger partial charge in [0.2, 0.25) is 5.91 Å². The number of carbonyl (C=O) groups is 1. The van der Waals surface area contributed by atoms with Gasteiger partial charge in [-0.25, -0.2) is 4.68 Å². The Bertz CT molecular complexity index is 899. The minimum atomic E-state index is -0.0102. The Kier molecular flexibility index (Phi) is 6.23. The van der Waals surface area contributed by atoms with E-state index in [4.69, 9.17) is 4.74 Å². The number of nitrogens with zero attached hydrogens (tertiary/aromatic N) is 5. The van der Waals surface area contributed by atoms with E-state index in [0.29, 0.717) is 19.6 Å². The van der Waals surface area contributed by atoms with Gasteiger partial charge < -0.3 is 10.1 Å². The monoisotopic (exact) mass is 392 g/mol. The normalized spacial score (nSPS) is 17.2. The van der Waals surface area contributed by atoms with Crippen LogP contribution >= 0.6 is 0 Å². The molecule has 1 unspecified atom stereocenters. The van der Waals surface area contributed by atoms with Gasteiger partial charge >= 0.3 is 0 Å². The summed E-state index contributed by atoms with van der Waals surface area (Å²) >= 11 is 0. The molecule has 0 saturated carbocycles. The number of nitrogens with one attached hydrogen (secondary N) is 1.